The van der Waals surface area contributed by atoms with Crippen molar-refractivity contribution in [1.29, 1.82) is 0 Å². The SMILES string of the molecule is CC(C)C(C)(O)C(=O)O. The van der Waals surface area contributed by atoms with E-state index < -0.39 is 11.6 Å². The molecule has 2 N–H and O–H groups in total. The molecule has 0 bridgehead atoms. The average Bonchev–Trinajstić information content (AvgIpc) is 1.65. The third-order valence-corrected chi connectivity index (χ3v) is 1.56. The molecular formula is C6H12O3. The van der Waals surface area contributed by atoms with Crippen LogP contribution >= 0.6 is 0 Å². The fourth-order valence-corrected chi connectivity index (χ4v) is 0.247. The van der Waals surface area contributed by atoms with Gasteiger partial charge in [-0.25, -0.2) is 4.79 Å². The van der Waals surface area contributed by atoms with Gasteiger partial charge in [-0.15, -0.1) is 0 Å². The van der Waals surface area contributed by atoms with Crippen molar-refractivity contribution in [2.75, 3.05) is 0 Å². The summed E-state index contributed by atoms with van der Waals surface area (Å²) in [5.74, 6) is -1.42. The highest BCUT2D eigenvalue weighted by atomic mass is 16.4. The van der Waals surface area contributed by atoms with Crippen molar-refractivity contribution >= 4 is 5.97 Å². The Hall–Kier alpha value is -0.570. The highest BCUT2D eigenvalue weighted by Gasteiger charge is 2.33. The topological polar surface area (TPSA) is 57.5 Å². The van der Waals surface area contributed by atoms with Crippen LogP contribution in [-0.2, 0) is 4.79 Å². The molecular weight excluding hydrogens is 120 g/mol. The Morgan fingerprint density at radius 2 is 1.89 bits per heavy atom. The molecule has 0 amide bonds. The zero-order chi connectivity index (χ0) is 7.65. The van der Waals surface area contributed by atoms with Crippen LogP contribution in [0.25, 0.3) is 0 Å². The van der Waals surface area contributed by atoms with Gasteiger partial charge in [0.2, 0.25) is 0 Å². The van der Waals surface area contributed by atoms with Gasteiger partial charge in [-0.2, -0.15) is 0 Å². The summed E-state index contributed by atoms with van der Waals surface area (Å²) in [5.41, 5.74) is -1.58. The minimum Gasteiger partial charge on any atom is -0.479 e. The smallest absolute Gasteiger partial charge is 0.335 e. The normalized spacial score (nSPS) is 17.4. The Labute approximate surface area is 54.3 Å². The summed E-state index contributed by atoms with van der Waals surface area (Å²) in [7, 11) is 0. The molecule has 0 radical (unpaired) electrons. The molecule has 0 aliphatic rings. The van der Waals surface area contributed by atoms with Gasteiger partial charge in [0.05, 0.1) is 0 Å². The molecule has 0 aromatic heterocycles. The zero-order valence-corrected chi connectivity index (χ0v) is 5.88. The van der Waals surface area contributed by atoms with Crippen LogP contribution in [0.5, 0.6) is 0 Å². The van der Waals surface area contributed by atoms with Gasteiger partial charge < -0.3 is 10.2 Å². The molecule has 0 aliphatic carbocycles. The molecule has 0 saturated heterocycles. The highest BCUT2D eigenvalue weighted by molar-refractivity contribution is 5.76. The second kappa shape index (κ2) is 2.35. The predicted octanol–water partition coefficient (Wildman–Crippen LogP) is 0.478. The summed E-state index contributed by atoms with van der Waals surface area (Å²) in [6, 6.07) is 0. The van der Waals surface area contributed by atoms with E-state index >= 15 is 0 Å². The Kier molecular flexibility index (Phi) is 2.20. The lowest BCUT2D eigenvalue weighted by Gasteiger charge is -2.21. The summed E-state index contributed by atoms with van der Waals surface area (Å²) >= 11 is 0. The summed E-state index contributed by atoms with van der Waals surface area (Å²) in [5, 5.41) is 17.4. The Morgan fingerprint density at radius 1 is 1.56 bits per heavy atom. The van der Waals surface area contributed by atoms with Crippen LogP contribution in [0.15, 0.2) is 0 Å². The molecule has 0 heterocycles. The van der Waals surface area contributed by atoms with Gasteiger partial charge in [0, 0.05) is 0 Å². The minimum atomic E-state index is -1.58. The Morgan fingerprint density at radius 3 is 1.89 bits per heavy atom. The van der Waals surface area contributed by atoms with Crippen molar-refractivity contribution < 1.29 is 15.0 Å². The third-order valence-electron chi connectivity index (χ3n) is 1.56. The van der Waals surface area contributed by atoms with Crippen molar-refractivity contribution in [3.8, 4) is 0 Å². The molecule has 3 nitrogen and oxygen atoms in total. The first-order valence-corrected chi connectivity index (χ1v) is 2.84. The van der Waals surface area contributed by atoms with E-state index in [2.05, 4.69) is 0 Å². The second-order valence-electron chi connectivity index (χ2n) is 2.61. The first-order chi connectivity index (χ1) is 3.89. The summed E-state index contributed by atoms with van der Waals surface area (Å²) in [6.07, 6.45) is 0. The summed E-state index contributed by atoms with van der Waals surface area (Å²) in [6.45, 7) is 4.61. The maximum absolute atomic E-state index is 10.2. The molecule has 0 fully saturated rings. The van der Waals surface area contributed by atoms with Crippen LogP contribution < -0.4 is 0 Å². The zero-order valence-electron chi connectivity index (χ0n) is 5.88. The van der Waals surface area contributed by atoms with Crippen LogP contribution in [0.1, 0.15) is 20.8 Å². The molecule has 0 saturated carbocycles. The number of hydrogen-bond donors (Lipinski definition) is 2. The molecule has 9 heavy (non-hydrogen) atoms. The van der Waals surface area contributed by atoms with Gasteiger partial charge in [-0.05, 0) is 12.8 Å². The standard InChI is InChI=1S/C6H12O3/c1-4(2)6(3,9)5(7)8/h4,9H,1-3H3,(H,7,8). The second-order valence-corrected chi connectivity index (χ2v) is 2.61. The van der Waals surface area contributed by atoms with Crippen molar-refractivity contribution in [3.05, 3.63) is 0 Å². The van der Waals surface area contributed by atoms with Crippen molar-refractivity contribution in [1.82, 2.24) is 0 Å². The minimum absolute atomic E-state index is 0.255. The molecule has 1 unspecified atom stereocenters. The number of aliphatic carboxylic acids is 1. The van der Waals surface area contributed by atoms with Crippen LogP contribution in [0.3, 0.4) is 0 Å². The Balaban J connectivity index is 4.19. The van der Waals surface area contributed by atoms with E-state index in [9.17, 15) is 4.79 Å². The van der Waals surface area contributed by atoms with E-state index in [-0.39, 0.29) is 5.92 Å². The molecule has 0 aromatic carbocycles. The molecule has 0 spiro atoms. The van der Waals surface area contributed by atoms with E-state index in [1.807, 2.05) is 0 Å². The average molecular weight is 132 g/mol. The third kappa shape index (κ3) is 1.68. The summed E-state index contributed by atoms with van der Waals surface area (Å²) in [4.78, 5) is 10.2. The fraction of sp³-hybridized carbons (Fsp3) is 0.833. The van der Waals surface area contributed by atoms with Crippen LogP contribution in [0.2, 0.25) is 0 Å². The van der Waals surface area contributed by atoms with Gasteiger partial charge in [0.25, 0.3) is 0 Å². The van der Waals surface area contributed by atoms with E-state index in [1.165, 1.54) is 6.92 Å². The van der Waals surface area contributed by atoms with Crippen LogP contribution in [0.4, 0.5) is 0 Å². The predicted molar refractivity (Wildman–Crippen MR) is 33.1 cm³/mol. The number of rotatable bonds is 2. The Bertz CT molecular complexity index is 115. The number of aliphatic hydroxyl groups is 1. The number of hydrogen-bond acceptors (Lipinski definition) is 2. The number of carbonyl (C=O) groups is 1. The number of carboxylic acids is 1. The van der Waals surface area contributed by atoms with Crippen molar-refractivity contribution in [2.24, 2.45) is 5.92 Å². The largest absolute Gasteiger partial charge is 0.479 e. The van der Waals surface area contributed by atoms with Gasteiger partial charge in [-0.1, -0.05) is 13.8 Å². The molecule has 0 aliphatic heterocycles. The first kappa shape index (κ1) is 8.43. The molecule has 1 atom stereocenters. The maximum Gasteiger partial charge on any atom is 0.335 e. The van der Waals surface area contributed by atoms with Gasteiger partial charge in [-0.3, -0.25) is 0 Å². The molecule has 0 rings (SSSR count). The molecule has 0 aromatic rings. The monoisotopic (exact) mass is 132 g/mol. The van der Waals surface area contributed by atoms with E-state index in [1.54, 1.807) is 13.8 Å². The lowest BCUT2D eigenvalue weighted by molar-refractivity contribution is -0.160. The van der Waals surface area contributed by atoms with Crippen LogP contribution in [-0.4, -0.2) is 21.8 Å². The molecule has 54 valence electrons. The van der Waals surface area contributed by atoms with Gasteiger partial charge in [0.15, 0.2) is 5.60 Å². The lowest BCUT2D eigenvalue weighted by atomic mass is 9.93. The fourth-order valence-electron chi connectivity index (χ4n) is 0.247. The van der Waals surface area contributed by atoms with Gasteiger partial charge in [0.1, 0.15) is 0 Å². The van der Waals surface area contributed by atoms with Crippen LogP contribution in [0, 0.1) is 5.92 Å². The van der Waals surface area contributed by atoms with Gasteiger partial charge >= 0.3 is 5.97 Å². The maximum atomic E-state index is 10.2. The van der Waals surface area contributed by atoms with E-state index in [0.717, 1.165) is 0 Å². The highest BCUT2D eigenvalue weighted by Crippen LogP contribution is 2.15. The lowest BCUT2D eigenvalue weighted by Crippen LogP contribution is -2.40. The van der Waals surface area contributed by atoms with Crippen molar-refractivity contribution in [2.45, 2.75) is 26.4 Å². The number of carboxylic acid groups (broad SMARTS) is 1. The van der Waals surface area contributed by atoms with Crippen molar-refractivity contribution in [3.63, 3.8) is 0 Å². The summed E-state index contributed by atoms with van der Waals surface area (Å²) < 4.78 is 0. The van der Waals surface area contributed by atoms with E-state index in [0.29, 0.717) is 0 Å². The molecule has 3 heteroatoms. The first-order valence-electron chi connectivity index (χ1n) is 2.84. The quantitative estimate of drug-likeness (QED) is 0.574. The van der Waals surface area contributed by atoms with E-state index in [4.69, 9.17) is 10.2 Å².